The normalized spacial score (nSPS) is 12.1. The Morgan fingerprint density at radius 3 is 2.27 bits per heavy atom. The first kappa shape index (κ1) is 13.6. The van der Waals surface area contributed by atoms with E-state index in [1.807, 2.05) is 0 Å². The highest BCUT2D eigenvalue weighted by atomic mass is 16.9. The molecule has 0 aromatic heterocycles. The molecular formula is C8H17N3O4. The summed E-state index contributed by atoms with van der Waals surface area (Å²) in [5.74, 6) is -0.389. The van der Waals surface area contributed by atoms with Crippen LogP contribution >= 0.6 is 0 Å². The SMILES string of the molecule is CC(C)(CO[N+](=O)[O-])NC(=O)C(C)(C)N. The van der Waals surface area contributed by atoms with Crippen molar-refractivity contribution < 1.29 is 14.7 Å². The molecule has 88 valence electrons. The number of hydrogen-bond acceptors (Lipinski definition) is 5. The van der Waals surface area contributed by atoms with Crippen molar-refractivity contribution in [3.05, 3.63) is 10.1 Å². The van der Waals surface area contributed by atoms with Gasteiger partial charge in [0.25, 0.3) is 5.09 Å². The van der Waals surface area contributed by atoms with Gasteiger partial charge in [-0.25, -0.2) is 0 Å². The van der Waals surface area contributed by atoms with E-state index >= 15 is 0 Å². The lowest BCUT2D eigenvalue weighted by Gasteiger charge is -2.29. The second-order valence-electron chi connectivity index (χ2n) is 4.56. The highest BCUT2D eigenvalue weighted by Gasteiger charge is 2.29. The lowest BCUT2D eigenvalue weighted by atomic mass is 10.0. The molecule has 0 aliphatic heterocycles. The average molecular weight is 219 g/mol. The Balaban J connectivity index is 4.25. The van der Waals surface area contributed by atoms with Crippen molar-refractivity contribution in [3.8, 4) is 0 Å². The number of rotatable bonds is 5. The van der Waals surface area contributed by atoms with Gasteiger partial charge < -0.3 is 15.9 Å². The number of amides is 1. The summed E-state index contributed by atoms with van der Waals surface area (Å²) in [6, 6.07) is 0. The maximum atomic E-state index is 11.5. The number of nitrogens with two attached hydrogens (primary N) is 1. The monoisotopic (exact) mass is 219 g/mol. The Morgan fingerprint density at radius 2 is 1.93 bits per heavy atom. The van der Waals surface area contributed by atoms with Gasteiger partial charge in [0, 0.05) is 0 Å². The molecule has 0 bridgehead atoms. The van der Waals surface area contributed by atoms with Crippen molar-refractivity contribution >= 4 is 5.91 Å². The Hall–Kier alpha value is -1.37. The second kappa shape index (κ2) is 4.43. The van der Waals surface area contributed by atoms with Gasteiger partial charge in [-0.15, -0.1) is 10.1 Å². The van der Waals surface area contributed by atoms with Gasteiger partial charge in [-0.05, 0) is 27.7 Å². The Labute approximate surface area is 88.1 Å². The van der Waals surface area contributed by atoms with Gasteiger partial charge in [0.15, 0.2) is 0 Å². The van der Waals surface area contributed by atoms with E-state index in [0.29, 0.717) is 0 Å². The van der Waals surface area contributed by atoms with Gasteiger partial charge in [-0.3, -0.25) is 4.79 Å². The highest BCUT2D eigenvalue weighted by molar-refractivity contribution is 5.85. The molecule has 0 saturated heterocycles. The minimum Gasteiger partial charge on any atom is -0.348 e. The summed E-state index contributed by atoms with van der Waals surface area (Å²) in [4.78, 5) is 25.6. The molecule has 0 radical (unpaired) electrons. The van der Waals surface area contributed by atoms with Crippen LogP contribution in [0.4, 0.5) is 0 Å². The first-order valence-electron chi connectivity index (χ1n) is 4.43. The van der Waals surface area contributed by atoms with Gasteiger partial charge in [0.1, 0.15) is 6.61 Å². The Bertz CT molecular complexity index is 257. The van der Waals surface area contributed by atoms with Crippen molar-refractivity contribution in [2.75, 3.05) is 6.61 Å². The standard InChI is InChI=1S/C8H17N3O4/c1-7(2,5-15-11(13)14)10-6(12)8(3,4)9/h5,9H2,1-4H3,(H,10,12). The van der Waals surface area contributed by atoms with Crippen LogP contribution in [0.25, 0.3) is 0 Å². The summed E-state index contributed by atoms with van der Waals surface area (Å²) < 4.78 is 0. The molecule has 0 aliphatic rings. The van der Waals surface area contributed by atoms with Crippen LogP contribution in [0.1, 0.15) is 27.7 Å². The van der Waals surface area contributed by atoms with Crippen LogP contribution in [0.3, 0.4) is 0 Å². The number of nitrogens with zero attached hydrogens (tertiary/aromatic N) is 1. The van der Waals surface area contributed by atoms with Gasteiger partial charge in [-0.1, -0.05) is 0 Å². The van der Waals surface area contributed by atoms with E-state index in [1.54, 1.807) is 27.7 Å². The van der Waals surface area contributed by atoms with Crippen molar-refractivity contribution in [1.29, 1.82) is 0 Å². The van der Waals surface area contributed by atoms with Crippen LogP contribution in [0.15, 0.2) is 0 Å². The van der Waals surface area contributed by atoms with E-state index in [4.69, 9.17) is 5.73 Å². The van der Waals surface area contributed by atoms with Gasteiger partial charge >= 0.3 is 0 Å². The molecule has 0 unspecified atom stereocenters. The van der Waals surface area contributed by atoms with Gasteiger partial charge in [0.2, 0.25) is 5.91 Å². The fourth-order valence-electron chi connectivity index (χ4n) is 0.719. The van der Waals surface area contributed by atoms with Crippen molar-refractivity contribution in [2.45, 2.75) is 38.8 Å². The van der Waals surface area contributed by atoms with Crippen LogP contribution in [0, 0.1) is 10.1 Å². The largest absolute Gasteiger partial charge is 0.348 e. The van der Waals surface area contributed by atoms with Crippen molar-refractivity contribution in [1.82, 2.24) is 5.32 Å². The van der Waals surface area contributed by atoms with Crippen molar-refractivity contribution in [2.24, 2.45) is 5.73 Å². The minimum absolute atomic E-state index is 0.220. The van der Waals surface area contributed by atoms with Crippen LogP contribution in [-0.4, -0.2) is 28.7 Å². The van der Waals surface area contributed by atoms with Crippen LogP contribution < -0.4 is 11.1 Å². The number of hydrogen-bond donors (Lipinski definition) is 2. The van der Waals surface area contributed by atoms with E-state index in [-0.39, 0.29) is 12.5 Å². The third kappa shape index (κ3) is 5.84. The molecule has 1 amide bonds. The molecule has 0 spiro atoms. The first-order chi connectivity index (χ1) is 6.54. The second-order valence-corrected chi connectivity index (χ2v) is 4.56. The molecule has 7 nitrogen and oxygen atoms in total. The minimum atomic E-state index is -1.02. The highest BCUT2D eigenvalue weighted by Crippen LogP contribution is 2.06. The fraction of sp³-hybridized carbons (Fsp3) is 0.875. The molecule has 0 aromatic carbocycles. The molecule has 7 heteroatoms. The molecule has 3 N–H and O–H groups in total. The summed E-state index contributed by atoms with van der Waals surface area (Å²) in [6.07, 6.45) is 0. The maximum absolute atomic E-state index is 11.5. The molecular weight excluding hydrogens is 202 g/mol. The predicted molar refractivity (Wildman–Crippen MR) is 53.4 cm³/mol. The molecule has 0 rings (SSSR count). The van der Waals surface area contributed by atoms with E-state index < -0.39 is 16.2 Å². The molecule has 0 aromatic rings. The number of nitrogens with one attached hydrogen (secondary N) is 1. The summed E-state index contributed by atoms with van der Waals surface area (Å²) in [6.45, 7) is 6.10. The van der Waals surface area contributed by atoms with E-state index in [9.17, 15) is 14.9 Å². The third-order valence-corrected chi connectivity index (χ3v) is 1.57. The molecule has 0 fully saturated rings. The Morgan fingerprint density at radius 1 is 1.47 bits per heavy atom. The smallest absolute Gasteiger partial charge is 0.294 e. The molecule has 0 atom stereocenters. The lowest BCUT2D eigenvalue weighted by molar-refractivity contribution is -0.759. The van der Waals surface area contributed by atoms with E-state index in [1.165, 1.54) is 0 Å². The van der Waals surface area contributed by atoms with E-state index in [0.717, 1.165) is 0 Å². The number of carbonyl (C=O) groups excluding carboxylic acids is 1. The maximum Gasteiger partial charge on any atom is 0.294 e. The number of carbonyl (C=O) groups is 1. The summed E-state index contributed by atoms with van der Waals surface area (Å²) >= 11 is 0. The van der Waals surface area contributed by atoms with Crippen molar-refractivity contribution in [3.63, 3.8) is 0 Å². The van der Waals surface area contributed by atoms with Gasteiger partial charge in [-0.2, -0.15) is 0 Å². The quantitative estimate of drug-likeness (QED) is 0.493. The zero-order valence-electron chi connectivity index (χ0n) is 9.36. The summed E-state index contributed by atoms with van der Waals surface area (Å²) in [5, 5.41) is 11.6. The Kier molecular flexibility index (Phi) is 4.03. The molecule has 15 heavy (non-hydrogen) atoms. The van der Waals surface area contributed by atoms with Gasteiger partial charge in [0.05, 0.1) is 11.1 Å². The topological polar surface area (TPSA) is 107 Å². The summed E-state index contributed by atoms with van der Waals surface area (Å²) in [5.41, 5.74) is 3.70. The first-order valence-corrected chi connectivity index (χ1v) is 4.43. The zero-order valence-corrected chi connectivity index (χ0v) is 9.36. The lowest BCUT2D eigenvalue weighted by Crippen LogP contribution is -2.57. The fourth-order valence-corrected chi connectivity index (χ4v) is 0.719. The third-order valence-electron chi connectivity index (χ3n) is 1.57. The summed E-state index contributed by atoms with van der Waals surface area (Å²) in [7, 11) is 0. The van der Waals surface area contributed by atoms with Crippen LogP contribution in [0.2, 0.25) is 0 Å². The molecule has 0 aliphatic carbocycles. The van der Waals surface area contributed by atoms with Crippen LogP contribution in [-0.2, 0) is 9.63 Å². The van der Waals surface area contributed by atoms with E-state index in [2.05, 4.69) is 10.2 Å². The van der Waals surface area contributed by atoms with Crippen LogP contribution in [0.5, 0.6) is 0 Å². The predicted octanol–water partition coefficient (Wildman–Crippen LogP) is -0.173. The average Bonchev–Trinajstić information content (AvgIpc) is 1.98. The molecule has 0 heterocycles. The molecule has 0 saturated carbocycles. The zero-order chi connectivity index (χ0) is 12.3.